The number of aromatic hydroxyl groups is 1. The number of carbonyl (C=O) groups excluding carboxylic acids is 12. The monoisotopic (exact) mass is 1100 g/mol. The van der Waals surface area contributed by atoms with Crippen molar-refractivity contribution >= 4 is 118 Å². The SMILES string of the molecule is C.C.CC(=O)C[C@@H](C=O)NC(=O)[C@@H]1CCCN2C(=O)CC[C@H](NC(=O)c3cc(Cl)c(O)c(Cl)c3)C(=O)N12.COc1c(Cl)cc(C(=O)N[C@H]2CCC(=O)N3CCC[C@@H](C(=O)N[C@H](C=O)CC(C)=O)N3C2=O)cc1Cl. The summed E-state index contributed by atoms with van der Waals surface area (Å²) in [6.45, 7) is 3.01. The number of phenolic OH excluding ortho intramolecular Hbond substituents is 1. The van der Waals surface area contributed by atoms with E-state index in [0.29, 0.717) is 25.4 Å². The second-order valence-corrected chi connectivity index (χ2v) is 18.5. The molecule has 0 unspecified atom stereocenters. The third kappa shape index (κ3) is 14.9. The van der Waals surface area contributed by atoms with E-state index in [9.17, 15) is 62.6 Å². The lowest BCUT2D eigenvalue weighted by Crippen LogP contribution is -2.64. The first-order chi connectivity index (χ1) is 33.6. The molecule has 398 valence electrons. The summed E-state index contributed by atoms with van der Waals surface area (Å²) in [6, 6.07) is -1.52. The average molecular weight is 1100 g/mol. The van der Waals surface area contributed by atoms with Crippen LogP contribution in [0.3, 0.4) is 0 Å². The minimum atomic E-state index is -1.14. The normalized spacial score (nSPS) is 20.3. The highest BCUT2D eigenvalue weighted by Crippen LogP contribution is 2.35. The van der Waals surface area contributed by atoms with Crippen LogP contribution in [0.4, 0.5) is 0 Å². The smallest absolute Gasteiger partial charge is 0.264 e. The van der Waals surface area contributed by atoms with E-state index in [1.54, 1.807) is 0 Å². The van der Waals surface area contributed by atoms with Gasteiger partial charge < -0.3 is 40.7 Å². The van der Waals surface area contributed by atoms with Gasteiger partial charge in [-0.3, -0.25) is 58.0 Å². The van der Waals surface area contributed by atoms with Gasteiger partial charge in [-0.05, 0) is 76.6 Å². The van der Waals surface area contributed by atoms with Crippen molar-refractivity contribution in [2.75, 3.05) is 20.2 Å². The van der Waals surface area contributed by atoms with Crippen LogP contribution >= 0.6 is 46.4 Å². The zero-order valence-corrected chi connectivity index (χ0v) is 41.5. The number of fused-ring (bicyclic) bond motifs is 2. The fourth-order valence-corrected chi connectivity index (χ4v) is 9.45. The molecule has 22 nitrogen and oxygen atoms in total. The molecule has 6 rings (SSSR count). The molecule has 0 saturated carbocycles. The van der Waals surface area contributed by atoms with Gasteiger partial charge in [-0.1, -0.05) is 61.3 Å². The van der Waals surface area contributed by atoms with Crippen LogP contribution < -0.4 is 26.0 Å². The summed E-state index contributed by atoms with van der Waals surface area (Å²) in [5, 5.41) is 24.2. The fourth-order valence-electron chi connectivity index (χ4n) is 8.32. The summed E-state index contributed by atoms with van der Waals surface area (Å²) >= 11 is 24.0. The molecule has 6 atom stereocenters. The number of aldehydes is 2. The molecule has 4 aliphatic rings. The third-order valence-corrected chi connectivity index (χ3v) is 12.8. The molecule has 73 heavy (non-hydrogen) atoms. The lowest BCUT2D eigenvalue weighted by atomic mass is 10.0. The van der Waals surface area contributed by atoms with Crippen LogP contribution in [-0.2, 0) is 47.9 Å². The van der Waals surface area contributed by atoms with Crippen molar-refractivity contribution < 1.29 is 67.4 Å². The summed E-state index contributed by atoms with van der Waals surface area (Å²) in [6.07, 6.45) is 1.75. The number of phenols is 1. The Labute approximate surface area is 440 Å². The Morgan fingerprint density at radius 2 is 1.00 bits per heavy atom. The maximum absolute atomic E-state index is 13.5. The molecule has 4 fully saturated rings. The molecule has 5 N–H and O–H groups in total. The van der Waals surface area contributed by atoms with E-state index >= 15 is 0 Å². The predicted molar refractivity (Wildman–Crippen MR) is 265 cm³/mol. The van der Waals surface area contributed by atoms with E-state index in [1.165, 1.54) is 55.2 Å². The number of rotatable bonds is 15. The second kappa shape index (κ2) is 27.1. The van der Waals surface area contributed by atoms with E-state index < -0.39 is 77.4 Å². The predicted octanol–water partition coefficient (Wildman–Crippen LogP) is 3.55. The van der Waals surface area contributed by atoms with Crippen LogP contribution in [0.1, 0.15) is 114 Å². The van der Waals surface area contributed by atoms with Crippen molar-refractivity contribution in [1.82, 2.24) is 41.3 Å². The van der Waals surface area contributed by atoms with Crippen LogP contribution in [-0.4, -0.2) is 153 Å². The highest BCUT2D eigenvalue weighted by Gasteiger charge is 2.47. The first-order valence-electron chi connectivity index (χ1n) is 22.2. The van der Waals surface area contributed by atoms with Gasteiger partial charge in [0.25, 0.3) is 23.6 Å². The van der Waals surface area contributed by atoms with Crippen LogP contribution in [0.25, 0.3) is 0 Å². The third-order valence-electron chi connectivity index (χ3n) is 11.7. The van der Waals surface area contributed by atoms with Crippen molar-refractivity contribution in [2.45, 2.75) is 129 Å². The number of hydrazine groups is 2. The summed E-state index contributed by atoms with van der Waals surface area (Å²) < 4.78 is 5.08. The van der Waals surface area contributed by atoms with Crippen LogP contribution in [0.2, 0.25) is 20.1 Å². The fraction of sp³-hybridized carbons (Fsp3) is 0.489. The number of ketones is 2. The molecule has 0 spiro atoms. The quantitative estimate of drug-likeness (QED) is 0.160. The van der Waals surface area contributed by atoms with Gasteiger partial charge in [0.05, 0.1) is 39.3 Å². The molecule has 26 heteroatoms. The number of hydrogen-bond acceptors (Lipinski definition) is 14. The Morgan fingerprint density at radius 3 is 1.33 bits per heavy atom. The minimum absolute atomic E-state index is 0. The van der Waals surface area contributed by atoms with Gasteiger partial charge in [0.2, 0.25) is 23.6 Å². The van der Waals surface area contributed by atoms with Crippen LogP contribution in [0.15, 0.2) is 24.3 Å². The van der Waals surface area contributed by atoms with E-state index in [-0.39, 0.29) is 140 Å². The topological polar surface area (TPSA) is 295 Å². The number of carbonyl (C=O) groups is 12. The van der Waals surface area contributed by atoms with Crippen molar-refractivity contribution in [1.29, 1.82) is 0 Å². The van der Waals surface area contributed by atoms with Crippen molar-refractivity contribution in [3.63, 3.8) is 0 Å². The number of halogens is 4. The Morgan fingerprint density at radius 1 is 0.644 bits per heavy atom. The molecule has 0 radical (unpaired) electrons. The number of amides is 8. The lowest BCUT2D eigenvalue weighted by molar-refractivity contribution is -0.176. The van der Waals surface area contributed by atoms with Gasteiger partial charge in [-0.15, -0.1) is 0 Å². The molecule has 4 aliphatic heterocycles. The van der Waals surface area contributed by atoms with Crippen LogP contribution in [0, 0.1) is 0 Å². The maximum atomic E-state index is 13.5. The Hall–Kier alpha value is -6.36. The van der Waals surface area contributed by atoms with Gasteiger partial charge >= 0.3 is 0 Å². The number of hydrogen-bond donors (Lipinski definition) is 5. The standard InChI is InChI=1S/C23H26Cl2N4O7.C22H24Cl2N4O7.2CH4/c1-12(31)8-14(11-30)26-22(34)18-4-3-7-28-19(32)6-5-17(23(35)29(18)28)27-21(33)13-9-15(24)20(36-2)16(25)10-13;1-11(30)7-13(10-29)25-21(34)17-3-2-6-27-18(31)5-4-16(22(35)28(17)27)26-20(33)12-8-14(23)19(32)15(24)9-12;;/h9-11,14,17-18H,3-8H2,1-2H3,(H,26,34)(H,27,33);8-10,13,16-17,32H,2-7H2,1H3,(H,25,34)(H,26,33);2*1H4/t14-,17-,18-;13-,16-,17-;;/m00../s1. The Bertz CT molecular complexity index is 2470. The Balaban J connectivity index is 0.000000375. The number of methoxy groups -OCH3 is 1. The molecule has 4 saturated heterocycles. The summed E-state index contributed by atoms with van der Waals surface area (Å²) in [4.78, 5) is 150. The van der Waals surface area contributed by atoms with Crippen molar-refractivity contribution in [2.24, 2.45) is 0 Å². The number of ether oxygens (including phenoxy) is 1. The molecular formula is C47H58Cl4N8O14. The summed E-state index contributed by atoms with van der Waals surface area (Å²) in [5.74, 6) is -5.58. The number of nitrogens with zero attached hydrogens (tertiary/aromatic N) is 4. The molecular weight excluding hydrogens is 1040 g/mol. The van der Waals surface area contributed by atoms with E-state index in [4.69, 9.17) is 51.1 Å². The van der Waals surface area contributed by atoms with E-state index in [0.717, 1.165) is 10.0 Å². The van der Waals surface area contributed by atoms with Gasteiger partial charge in [-0.2, -0.15) is 0 Å². The van der Waals surface area contributed by atoms with E-state index in [2.05, 4.69) is 21.3 Å². The zero-order chi connectivity index (χ0) is 52.4. The molecule has 0 bridgehead atoms. The van der Waals surface area contributed by atoms with Crippen LogP contribution in [0.5, 0.6) is 11.5 Å². The molecule has 4 heterocycles. The van der Waals surface area contributed by atoms with E-state index in [1.807, 2.05) is 0 Å². The molecule has 2 aromatic carbocycles. The second-order valence-electron chi connectivity index (χ2n) is 16.9. The molecule has 0 aromatic heterocycles. The summed E-state index contributed by atoms with van der Waals surface area (Å²) in [7, 11) is 1.38. The minimum Gasteiger partial charge on any atom is -0.505 e. The highest BCUT2D eigenvalue weighted by atomic mass is 35.5. The van der Waals surface area contributed by atoms with Gasteiger partial charge in [-0.25, -0.2) is 10.0 Å². The lowest BCUT2D eigenvalue weighted by Gasteiger charge is -2.43. The Kier molecular flexibility index (Phi) is 22.6. The first kappa shape index (κ1) is 60.9. The summed E-state index contributed by atoms with van der Waals surface area (Å²) in [5.41, 5.74) is 0.0704. The molecule has 2 aromatic rings. The molecule has 8 amide bonds. The maximum Gasteiger partial charge on any atom is 0.264 e. The first-order valence-corrected chi connectivity index (χ1v) is 23.7. The van der Waals surface area contributed by atoms with Crippen molar-refractivity contribution in [3.8, 4) is 11.5 Å². The number of Topliss-reactive ketones (excluding diaryl/α,β-unsaturated/α-hetero) is 2. The van der Waals surface area contributed by atoms with Gasteiger partial charge in [0.1, 0.15) is 48.3 Å². The highest BCUT2D eigenvalue weighted by molar-refractivity contribution is 6.38. The number of nitrogens with one attached hydrogen (secondary N) is 4. The number of benzene rings is 2. The van der Waals surface area contributed by atoms with Crippen molar-refractivity contribution in [3.05, 3.63) is 55.5 Å². The van der Waals surface area contributed by atoms with Gasteiger partial charge in [0, 0.05) is 49.9 Å². The van der Waals surface area contributed by atoms with Gasteiger partial charge in [0.15, 0.2) is 11.5 Å². The average Bonchev–Trinajstić information content (AvgIpc) is 3.52. The molecule has 0 aliphatic carbocycles. The zero-order valence-electron chi connectivity index (χ0n) is 38.5. The largest absolute Gasteiger partial charge is 0.505 e.